The minimum absolute atomic E-state index is 0.0125. The zero-order valence-electron chi connectivity index (χ0n) is 18.4. The molecule has 0 aliphatic carbocycles. The average molecular weight is 469 g/mol. The van der Waals surface area contributed by atoms with Crippen LogP contribution in [0.15, 0.2) is 65.6 Å². The van der Waals surface area contributed by atoms with Crippen LogP contribution < -0.4 is 5.32 Å². The van der Waals surface area contributed by atoms with Gasteiger partial charge in [0.05, 0.1) is 9.77 Å². The second-order valence-corrected chi connectivity index (χ2v) is 11.1. The highest BCUT2D eigenvalue weighted by atomic mass is 32.2. The summed E-state index contributed by atoms with van der Waals surface area (Å²) in [4.78, 5) is 14.9. The van der Waals surface area contributed by atoms with Crippen molar-refractivity contribution in [3.05, 3.63) is 71.1 Å². The molecule has 1 aliphatic heterocycles. The smallest absolute Gasteiger partial charge is 0.265 e. The summed E-state index contributed by atoms with van der Waals surface area (Å²) in [5, 5.41) is 2.90. The molecule has 1 amide bonds. The van der Waals surface area contributed by atoms with Crippen molar-refractivity contribution >= 4 is 33.0 Å². The highest BCUT2D eigenvalue weighted by Crippen LogP contribution is 2.34. The van der Waals surface area contributed by atoms with Gasteiger partial charge in [-0.05, 0) is 67.6 Å². The van der Waals surface area contributed by atoms with Gasteiger partial charge >= 0.3 is 0 Å². The number of aryl methyl sites for hydroxylation is 1. The monoisotopic (exact) mass is 468 g/mol. The summed E-state index contributed by atoms with van der Waals surface area (Å²) in [5.41, 5.74) is 2.83. The van der Waals surface area contributed by atoms with Crippen LogP contribution in [0.1, 0.15) is 48.3 Å². The number of anilines is 1. The molecule has 1 N–H and O–H groups in total. The second-order valence-electron chi connectivity index (χ2n) is 8.12. The van der Waals surface area contributed by atoms with Crippen molar-refractivity contribution in [1.29, 1.82) is 0 Å². The molecule has 7 heteroatoms. The summed E-state index contributed by atoms with van der Waals surface area (Å²) < 4.78 is 27.6. The molecule has 4 rings (SSSR count). The minimum Gasteiger partial charge on any atom is -0.321 e. The number of carbonyl (C=O) groups excluding carboxylic acids is 1. The fourth-order valence-corrected chi connectivity index (χ4v) is 6.96. The van der Waals surface area contributed by atoms with Gasteiger partial charge in [0.15, 0.2) is 0 Å². The van der Waals surface area contributed by atoms with Gasteiger partial charge in [0.25, 0.3) is 5.91 Å². The Morgan fingerprint density at radius 2 is 1.81 bits per heavy atom. The topological polar surface area (TPSA) is 66.5 Å². The van der Waals surface area contributed by atoms with E-state index in [-0.39, 0.29) is 16.8 Å². The number of thiophene rings is 1. The lowest BCUT2D eigenvalue weighted by Crippen LogP contribution is -2.41. The van der Waals surface area contributed by atoms with Gasteiger partial charge in [-0.2, -0.15) is 4.31 Å². The molecular formula is C25H28N2O3S2. The predicted molar refractivity (Wildman–Crippen MR) is 131 cm³/mol. The van der Waals surface area contributed by atoms with Gasteiger partial charge in [-0.3, -0.25) is 4.79 Å². The third kappa shape index (κ3) is 4.65. The number of piperidine rings is 1. The number of hydrogen-bond acceptors (Lipinski definition) is 4. The largest absolute Gasteiger partial charge is 0.321 e. The van der Waals surface area contributed by atoms with Gasteiger partial charge < -0.3 is 5.32 Å². The van der Waals surface area contributed by atoms with Gasteiger partial charge in [0, 0.05) is 23.2 Å². The standard InChI is InChI=1S/C25H28N2O3S2/c1-3-19-17-23(31-24(19)20-10-5-4-6-11-20)25(28)26-21-12-14-22(15-13-21)32(29,30)27-16-8-7-9-18(27)2/h4-6,10-15,17-18H,3,7-9,16H2,1-2H3,(H,26,28)/t18-/m1/s1. The van der Waals surface area contributed by atoms with Crippen molar-refractivity contribution in [3.8, 4) is 10.4 Å². The average Bonchev–Trinajstić information content (AvgIpc) is 3.25. The van der Waals surface area contributed by atoms with Crippen LogP contribution in [0.5, 0.6) is 0 Å². The highest BCUT2D eigenvalue weighted by molar-refractivity contribution is 7.89. The van der Waals surface area contributed by atoms with Gasteiger partial charge in [-0.15, -0.1) is 11.3 Å². The van der Waals surface area contributed by atoms with E-state index in [0.717, 1.165) is 41.7 Å². The lowest BCUT2D eigenvalue weighted by Gasteiger charge is -2.32. The van der Waals surface area contributed by atoms with Gasteiger partial charge in [0.2, 0.25) is 10.0 Å². The zero-order valence-corrected chi connectivity index (χ0v) is 20.0. The molecule has 0 saturated carbocycles. The Morgan fingerprint density at radius 1 is 1.09 bits per heavy atom. The number of nitrogens with zero attached hydrogens (tertiary/aromatic N) is 1. The van der Waals surface area contributed by atoms with Crippen molar-refractivity contribution < 1.29 is 13.2 Å². The maximum atomic E-state index is 13.0. The van der Waals surface area contributed by atoms with Crippen LogP contribution in [0.4, 0.5) is 5.69 Å². The molecule has 0 spiro atoms. The van der Waals surface area contributed by atoms with E-state index >= 15 is 0 Å². The maximum absolute atomic E-state index is 13.0. The molecule has 1 atom stereocenters. The van der Waals surface area contributed by atoms with Gasteiger partial charge in [-0.1, -0.05) is 43.7 Å². The highest BCUT2D eigenvalue weighted by Gasteiger charge is 2.30. The number of amides is 1. The van der Waals surface area contributed by atoms with E-state index in [4.69, 9.17) is 0 Å². The first kappa shape index (κ1) is 22.7. The van der Waals surface area contributed by atoms with Crippen LogP contribution in [-0.2, 0) is 16.4 Å². The first-order valence-electron chi connectivity index (χ1n) is 11.0. The summed E-state index contributed by atoms with van der Waals surface area (Å²) in [6.45, 7) is 4.60. The molecule has 1 fully saturated rings. The lowest BCUT2D eigenvalue weighted by atomic mass is 10.1. The van der Waals surface area contributed by atoms with Crippen LogP contribution in [-0.4, -0.2) is 31.2 Å². The Bertz CT molecular complexity index is 1190. The van der Waals surface area contributed by atoms with Gasteiger partial charge in [-0.25, -0.2) is 8.42 Å². The van der Waals surface area contributed by atoms with Gasteiger partial charge in [0.1, 0.15) is 0 Å². The summed E-state index contributed by atoms with van der Waals surface area (Å²) in [5.74, 6) is -0.188. The quantitative estimate of drug-likeness (QED) is 0.498. The number of carbonyl (C=O) groups is 1. The number of nitrogens with one attached hydrogen (secondary N) is 1. The normalized spacial score (nSPS) is 17.2. The van der Waals surface area contributed by atoms with E-state index in [1.54, 1.807) is 28.6 Å². The SMILES string of the molecule is CCc1cc(C(=O)Nc2ccc(S(=O)(=O)N3CCCC[C@H]3C)cc2)sc1-c1ccccc1. The molecule has 2 aromatic carbocycles. The van der Waals surface area contributed by atoms with E-state index in [0.29, 0.717) is 17.1 Å². The molecule has 2 heterocycles. The summed E-state index contributed by atoms with van der Waals surface area (Å²) >= 11 is 1.48. The van der Waals surface area contributed by atoms with Crippen molar-refractivity contribution in [2.45, 2.75) is 50.5 Å². The fraction of sp³-hybridized carbons (Fsp3) is 0.320. The summed E-state index contributed by atoms with van der Waals surface area (Å²) in [7, 11) is -3.52. The predicted octanol–water partition coefficient (Wildman–Crippen LogP) is 5.79. The molecule has 5 nitrogen and oxygen atoms in total. The Labute approximate surface area is 194 Å². The van der Waals surface area contributed by atoms with E-state index in [1.807, 2.05) is 31.2 Å². The molecule has 0 bridgehead atoms. The Balaban J connectivity index is 1.50. The third-order valence-electron chi connectivity index (χ3n) is 5.91. The number of sulfonamides is 1. The second kappa shape index (κ2) is 9.57. The molecule has 1 aliphatic rings. The van der Waals surface area contributed by atoms with E-state index in [1.165, 1.54) is 11.3 Å². The first-order valence-corrected chi connectivity index (χ1v) is 13.3. The number of benzene rings is 2. The van der Waals surface area contributed by atoms with E-state index in [2.05, 4.69) is 24.4 Å². The molecule has 0 unspecified atom stereocenters. The zero-order chi connectivity index (χ0) is 22.7. The minimum atomic E-state index is -3.52. The number of hydrogen-bond donors (Lipinski definition) is 1. The van der Waals surface area contributed by atoms with Crippen LogP contribution in [0, 0.1) is 0 Å². The van der Waals surface area contributed by atoms with Crippen molar-refractivity contribution in [1.82, 2.24) is 4.31 Å². The van der Waals surface area contributed by atoms with Crippen LogP contribution in [0.2, 0.25) is 0 Å². The lowest BCUT2D eigenvalue weighted by molar-refractivity contribution is 0.103. The van der Waals surface area contributed by atoms with Crippen molar-refractivity contribution in [2.75, 3.05) is 11.9 Å². The molecule has 0 radical (unpaired) electrons. The van der Waals surface area contributed by atoms with Crippen molar-refractivity contribution in [2.24, 2.45) is 0 Å². The number of rotatable bonds is 6. The summed E-state index contributed by atoms with van der Waals surface area (Å²) in [6.07, 6.45) is 3.68. The molecule has 168 valence electrons. The Kier molecular flexibility index (Phi) is 6.79. The van der Waals surface area contributed by atoms with Crippen molar-refractivity contribution in [3.63, 3.8) is 0 Å². The fourth-order valence-electron chi connectivity index (χ4n) is 4.10. The molecular weight excluding hydrogens is 440 g/mol. The molecule has 32 heavy (non-hydrogen) atoms. The van der Waals surface area contributed by atoms with Crippen LogP contribution in [0.3, 0.4) is 0 Å². The third-order valence-corrected chi connectivity index (χ3v) is 9.16. The first-order chi connectivity index (χ1) is 15.4. The molecule has 1 saturated heterocycles. The Hall–Kier alpha value is -2.48. The maximum Gasteiger partial charge on any atom is 0.265 e. The Morgan fingerprint density at radius 3 is 2.47 bits per heavy atom. The van der Waals surface area contributed by atoms with Crippen LogP contribution >= 0.6 is 11.3 Å². The molecule has 3 aromatic rings. The molecule has 1 aromatic heterocycles. The van der Waals surface area contributed by atoms with E-state index < -0.39 is 10.0 Å². The van der Waals surface area contributed by atoms with Crippen LogP contribution in [0.25, 0.3) is 10.4 Å². The van der Waals surface area contributed by atoms with E-state index in [9.17, 15) is 13.2 Å². The summed E-state index contributed by atoms with van der Waals surface area (Å²) in [6, 6.07) is 18.5.